The fourth-order valence-corrected chi connectivity index (χ4v) is 2.21. The molecule has 0 radical (unpaired) electrons. The van der Waals surface area contributed by atoms with E-state index in [4.69, 9.17) is 9.47 Å². The highest BCUT2D eigenvalue weighted by atomic mass is 16.6. The standard InChI is InChI=1S/C15H22N2O3/c1-11-5-4-6-12(7-11)17-14(18)19-9-13-8-16-10-15(2,3)20-13/h4-7,13,16H,8-10H2,1-3H3,(H,17,18). The molecule has 0 saturated carbocycles. The van der Waals surface area contributed by atoms with Crippen molar-refractivity contribution < 1.29 is 14.3 Å². The number of carbonyl (C=O) groups excluding carboxylic acids is 1. The predicted octanol–water partition coefficient (Wildman–Crippen LogP) is 2.31. The van der Waals surface area contributed by atoms with Gasteiger partial charge in [-0.25, -0.2) is 4.79 Å². The maximum absolute atomic E-state index is 11.7. The van der Waals surface area contributed by atoms with Gasteiger partial charge in [0.15, 0.2) is 0 Å². The monoisotopic (exact) mass is 278 g/mol. The smallest absolute Gasteiger partial charge is 0.411 e. The van der Waals surface area contributed by atoms with Gasteiger partial charge in [0, 0.05) is 18.8 Å². The van der Waals surface area contributed by atoms with E-state index in [-0.39, 0.29) is 18.3 Å². The molecule has 1 aliphatic heterocycles. The van der Waals surface area contributed by atoms with Gasteiger partial charge in [-0.2, -0.15) is 0 Å². The molecule has 110 valence electrons. The number of hydrogen-bond acceptors (Lipinski definition) is 4. The van der Waals surface area contributed by atoms with Crippen LogP contribution in [-0.4, -0.2) is 37.5 Å². The van der Waals surface area contributed by atoms with Crippen LogP contribution in [0.25, 0.3) is 0 Å². The molecular formula is C15H22N2O3. The van der Waals surface area contributed by atoms with Gasteiger partial charge in [0.05, 0.1) is 5.60 Å². The minimum atomic E-state index is -0.456. The van der Waals surface area contributed by atoms with Crippen molar-refractivity contribution in [1.29, 1.82) is 0 Å². The van der Waals surface area contributed by atoms with Gasteiger partial charge in [-0.05, 0) is 38.5 Å². The molecule has 1 unspecified atom stereocenters. The molecule has 2 rings (SSSR count). The minimum Gasteiger partial charge on any atom is -0.446 e. The molecule has 5 nitrogen and oxygen atoms in total. The predicted molar refractivity (Wildman–Crippen MR) is 78.0 cm³/mol. The number of rotatable bonds is 3. The average Bonchev–Trinajstić information content (AvgIpc) is 2.35. The van der Waals surface area contributed by atoms with E-state index in [1.54, 1.807) is 0 Å². The lowest BCUT2D eigenvalue weighted by atomic mass is 10.1. The van der Waals surface area contributed by atoms with Crippen LogP contribution in [0.1, 0.15) is 19.4 Å². The van der Waals surface area contributed by atoms with Gasteiger partial charge in [-0.3, -0.25) is 5.32 Å². The van der Waals surface area contributed by atoms with Crippen LogP contribution in [0.5, 0.6) is 0 Å². The third-order valence-electron chi connectivity index (χ3n) is 3.07. The molecule has 0 aromatic heterocycles. The summed E-state index contributed by atoms with van der Waals surface area (Å²) in [6.07, 6.45) is -0.565. The van der Waals surface area contributed by atoms with E-state index in [1.165, 1.54) is 0 Å². The normalized spacial score (nSPS) is 21.2. The summed E-state index contributed by atoms with van der Waals surface area (Å²) in [6, 6.07) is 7.58. The molecule has 1 aromatic carbocycles. The quantitative estimate of drug-likeness (QED) is 0.890. The van der Waals surface area contributed by atoms with Crippen LogP contribution in [0.15, 0.2) is 24.3 Å². The molecule has 2 N–H and O–H groups in total. The van der Waals surface area contributed by atoms with Gasteiger partial charge < -0.3 is 14.8 Å². The number of benzene rings is 1. The van der Waals surface area contributed by atoms with Crippen molar-refractivity contribution in [2.45, 2.75) is 32.5 Å². The maximum atomic E-state index is 11.7. The second kappa shape index (κ2) is 6.24. The summed E-state index contributed by atoms with van der Waals surface area (Å²) >= 11 is 0. The van der Waals surface area contributed by atoms with E-state index >= 15 is 0 Å². The van der Waals surface area contributed by atoms with Crippen molar-refractivity contribution in [3.05, 3.63) is 29.8 Å². The SMILES string of the molecule is Cc1cccc(NC(=O)OCC2CNCC(C)(C)O2)c1. The molecule has 1 heterocycles. The highest BCUT2D eigenvalue weighted by Crippen LogP contribution is 2.15. The molecule has 1 atom stereocenters. The fraction of sp³-hybridized carbons (Fsp3) is 0.533. The summed E-state index contributed by atoms with van der Waals surface area (Å²) in [7, 11) is 0. The zero-order chi connectivity index (χ0) is 14.6. The van der Waals surface area contributed by atoms with E-state index in [2.05, 4.69) is 10.6 Å². The molecular weight excluding hydrogens is 256 g/mol. The number of amides is 1. The lowest BCUT2D eigenvalue weighted by Gasteiger charge is -2.36. The number of nitrogens with one attached hydrogen (secondary N) is 2. The van der Waals surface area contributed by atoms with Crippen molar-refractivity contribution in [3.8, 4) is 0 Å². The van der Waals surface area contributed by atoms with E-state index in [0.717, 1.165) is 17.8 Å². The van der Waals surface area contributed by atoms with E-state index in [0.29, 0.717) is 6.54 Å². The molecule has 0 aliphatic carbocycles. The van der Waals surface area contributed by atoms with Crippen LogP contribution in [0.3, 0.4) is 0 Å². The van der Waals surface area contributed by atoms with E-state index < -0.39 is 6.09 Å². The van der Waals surface area contributed by atoms with Gasteiger partial charge in [0.1, 0.15) is 12.7 Å². The zero-order valence-corrected chi connectivity index (χ0v) is 12.2. The number of anilines is 1. The maximum Gasteiger partial charge on any atom is 0.411 e. The number of hydrogen-bond donors (Lipinski definition) is 2. The van der Waals surface area contributed by atoms with Gasteiger partial charge in [0.25, 0.3) is 0 Å². The van der Waals surface area contributed by atoms with E-state index in [1.807, 2.05) is 45.0 Å². The first kappa shape index (κ1) is 14.8. The molecule has 20 heavy (non-hydrogen) atoms. The fourth-order valence-electron chi connectivity index (χ4n) is 2.21. The van der Waals surface area contributed by atoms with Crippen LogP contribution in [0.4, 0.5) is 10.5 Å². The number of aryl methyl sites for hydroxylation is 1. The largest absolute Gasteiger partial charge is 0.446 e. The number of morpholine rings is 1. The van der Waals surface area contributed by atoms with Crippen LogP contribution in [0.2, 0.25) is 0 Å². The van der Waals surface area contributed by atoms with Crippen LogP contribution in [0, 0.1) is 6.92 Å². The lowest BCUT2D eigenvalue weighted by Crippen LogP contribution is -2.52. The molecule has 0 bridgehead atoms. The molecule has 1 aromatic rings. The molecule has 5 heteroatoms. The Morgan fingerprint density at radius 2 is 2.35 bits per heavy atom. The van der Waals surface area contributed by atoms with Crippen molar-refractivity contribution in [2.24, 2.45) is 0 Å². The molecule has 1 fully saturated rings. The Kier molecular flexibility index (Phi) is 4.62. The van der Waals surface area contributed by atoms with Crippen molar-refractivity contribution in [3.63, 3.8) is 0 Å². The first-order valence-corrected chi connectivity index (χ1v) is 6.84. The Hall–Kier alpha value is -1.59. The second-order valence-corrected chi connectivity index (χ2v) is 5.72. The Balaban J connectivity index is 1.78. The van der Waals surface area contributed by atoms with Crippen molar-refractivity contribution in [1.82, 2.24) is 5.32 Å². The zero-order valence-electron chi connectivity index (χ0n) is 12.2. The van der Waals surface area contributed by atoms with E-state index in [9.17, 15) is 4.79 Å². The lowest BCUT2D eigenvalue weighted by molar-refractivity contribution is -0.110. The number of ether oxygens (including phenoxy) is 2. The van der Waals surface area contributed by atoms with Crippen molar-refractivity contribution >= 4 is 11.8 Å². The summed E-state index contributed by atoms with van der Waals surface area (Å²) in [6.45, 7) is 7.74. The highest BCUT2D eigenvalue weighted by Gasteiger charge is 2.28. The minimum absolute atomic E-state index is 0.109. The highest BCUT2D eigenvalue weighted by molar-refractivity contribution is 5.84. The molecule has 0 spiro atoms. The van der Waals surface area contributed by atoms with Crippen LogP contribution in [-0.2, 0) is 9.47 Å². The molecule has 1 aliphatic rings. The van der Waals surface area contributed by atoms with Gasteiger partial charge in [-0.15, -0.1) is 0 Å². The summed E-state index contributed by atoms with van der Waals surface area (Å²) in [5.74, 6) is 0. The molecule has 1 saturated heterocycles. The molecule has 1 amide bonds. The second-order valence-electron chi connectivity index (χ2n) is 5.72. The summed E-state index contributed by atoms with van der Waals surface area (Å²) < 4.78 is 11.0. The van der Waals surface area contributed by atoms with Crippen LogP contribution >= 0.6 is 0 Å². The summed E-state index contributed by atoms with van der Waals surface area (Å²) in [4.78, 5) is 11.7. The number of carbonyl (C=O) groups is 1. The third kappa shape index (κ3) is 4.51. The summed E-state index contributed by atoms with van der Waals surface area (Å²) in [5.41, 5.74) is 1.60. The first-order valence-electron chi connectivity index (χ1n) is 6.84. The van der Waals surface area contributed by atoms with Gasteiger partial charge in [0.2, 0.25) is 0 Å². The third-order valence-corrected chi connectivity index (χ3v) is 3.07. The Bertz CT molecular complexity index is 474. The van der Waals surface area contributed by atoms with Crippen molar-refractivity contribution in [2.75, 3.05) is 25.0 Å². The average molecular weight is 278 g/mol. The van der Waals surface area contributed by atoms with Gasteiger partial charge in [-0.1, -0.05) is 12.1 Å². The van der Waals surface area contributed by atoms with Crippen LogP contribution < -0.4 is 10.6 Å². The first-order chi connectivity index (χ1) is 9.44. The van der Waals surface area contributed by atoms with Gasteiger partial charge >= 0.3 is 6.09 Å². The summed E-state index contributed by atoms with van der Waals surface area (Å²) in [5, 5.41) is 5.98. The topological polar surface area (TPSA) is 59.6 Å². The Morgan fingerprint density at radius 3 is 3.05 bits per heavy atom. The Labute approximate surface area is 119 Å². The Morgan fingerprint density at radius 1 is 1.55 bits per heavy atom.